The van der Waals surface area contributed by atoms with Crippen molar-refractivity contribution in [2.75, 3.05) is 6.61 Å². The Morgan fingerprint density at radius 2 is 2.11 bits per heavy atom. The molecular formula is C5H10O4. The van der Waals surface area contributed by atoms with Crippen molar-refractivity contribution in [3.8, 4) is 0 Å². The molecule has 0 aromatic rings. The fourth-order valence-electron chi connectivity index (χ4n) is 0.847. The van der Waals surface area contributed by atoms with Crippen LogP contribution >= 0.6 is 0 Å². The Labute approximate surface area is 52.7 Å². The van der Waals surface area contributed by atoms with Gasteiger partial charge in [0.15, 0.2) is 6.29 Å². The molecular weight excluding hydrogens is 124 g/mol. The molecule has 0 amide bonds. The number of hydrogen-bond donors (Lipinski definition) is 3. The van der Waals surface area contributed by atoms with Crippen LogP contribution in [0.1, 0.15) is 6.42 Å². The van der Waals surface area contributed by atoms with Gasteiger partial charge in [-0.2, -0.15) is 0 Å². The molecule has 1 aliphatic rings. The maximum absolute atomic E-state index is 8.80. The fraction of sp³-hybridized carbons (Fsp3) is 1.00. The highest BCUT2D eigenvalue weighted by Gasteiger charge is 2.28. The topological polar surface area (TPSA) is 69.9 Å². The van der Waals surface area contributed by atoms with Gasteiger partial charge in [0.2, 0.25) is 0 Å². The summed E-state index contributed by atoms with van der Waals surface area (Å²) in [5, 5.41) is 25.8. The van der Waals surface area contributed by atoms with E-state index in [9.17, 15) is 0 Å². The van der Waals surface area contributed by atoms with Crippen LogP contribution in [0.5, 0.6) is 0 Å². The molecule has 0 aliphatic carbocycles. The molecule has 9 heavy (non-hydrogen) atoms. The molecule has 54 valence electrons. The number of ether oxygens (including phenoxy) is 1. The van der Waals surface area contributed by atoms with Crippen LogP contribution < -0.4 is 0 Å². The fourth-order valence-corrected chi connectivity index (χ4v) is 0.847. The summed E-state index contributed by atoms with van der Waals surface area (Å²) in [5.41, 5.74) is 0. The molecule has 0 saturated carbocycles. The normalized spacial score (nSPS) is 36.0. The Morgan fingerprint density at radius 3 is 2.33 bits per heavy atom. The molecule has 1 aliphatic heterocycles. The summed E-state index contributed by atoms with van der Waals surface area (Å²) in [6.45, 7) is 0.211. The first-order valence-corrected chi connectivity index (χ1v) is 2.86. The standard InChI is InChI=1S/C5H10O4/c6-3-1-4(5(7)8)9-2-3/h3-8H,1-2H2. The van der Waals surface area contributed by atoms with E-state index in [-0.39, 0.29) is 6.61 Å². The van der Waals surface area contributed by atoms with Crippen LogP contribution in [0.25, 0.3) is 0 Å². The molecule has 0 bridgehead atoms. The van der Waals surface area contributed by atoms with Crippen LogP contribution in [0.4, 0.5) is 0 Å². The van der Waals surface area contributed by atoms with Crippen molar-refractivity contribution in [3.63, 3.8) is 0 Å². The lowest BCUT2D eigenvalue weighted by Gasteiger charge is -2.09. The molecule has 1 rings (SSSR count). The van der Waals surface area contributed by atoms with E-state index in [1.807, 2.05) is 0 Å². The van der Waals surface area contributed by atoms with Crippen molar-refractivity contribution in [1.82, 2.24) is 0 Å². The first-order valence-electron chi connectivity index (χ1n) is 2.86. The van der Waals surface area contributed by atoms with Gasteiger partial charge >= 0.3 is 0 Å². The van der Waals surface area contributed by atoms with Gasteiger partial charge in [-0.25, -0.2) is 0 Å². The molecule has 4 heteroatoms. The maximum Gasteiger partial charge on any atom is 0.178 e. The third kappa shape index (κ3) is 1.62. The second-order valence-electron chi connectivity index (χ2n) is 2.17. The third-order valence-electron chi connectivity index (χ3n) is 1.34. The molecule has 1 fully saturated rings. The quantitative estimate of drug-likeness (QED) is 0.380. The minimum Gasteiger partial charge on any atom is -0.391 e. The first kappa shape index (κ1) is 6.95. The molecule has 2 unspecified atom stereocenters. The monoisotopic (exact) mass is 134 g/mol. The minimum atomic E-state index is -1.46. The van der Waals surface area contributed by atoms with Crippen molar-refractivity contribution in [3.05, 3.63) is 0 Å². The Bertz CT molecular complexity index is 93.0. The molecule has 4 nitrogen and oxygen atoms in total. The molecule has 0 radical (unpaired) electrons. The summed E-state index contributed by atoms with van der Waals surface area (Å²) in [4.78, 5) is 0. The predicted octanol–water partition coefficient (Wildman–Crippen LogP) is -1.55. The van der Waals surface area contributed by atoms with E-state index in [1.165, 1.54) is 0 Å². The van der Waals surface area contributed by atoms with Crippen LogP contribution in [0, 0.1) is 0 Å². The smallest absolute Gasteiger partial charge is 0.178 e. The van der Waals surface area contributed by atoms with Crippen LogP contribution in [0.3, 0.4) is 0 Å². The van der Waals surface area contributed by atoms with Crippen LogP contribution in [0.15, 0.2) is 0 Å². The highest BCUT2D eigenvalue weighted by atomic mass is 16.6. The zero-order chi connectivity index (χ0) is 6.85. The van der Waals surface area contributed by atoms with Gasteiger partial charge in [-0.1, -0.05) is 0 Å². The van der Waals surface area contributed by atoms with Gasteiger partial charge < -0.3 is 20.1 Å². The van der Waals surface area contributed by atoms with Gasteiger partial charge in [-0.3, -0.25) is 0 Å². The van der Waals surface area contributed by atoms with Crippen LogP contribution in [0.2, 0.25) is 0 Å². The Hall–Kier alpha value is -0.160. The van der Waals surface area contributed by atoms with Gasteiger partial charge in [-0.05, 0) is 0 Å². The van der Waals surface area contributed by atoms with Gasteiger partial charge in [0.25, 0.3) is 0 Å². The molecule has 0 spiro atoms. The first-order chi connectivity index (χ1) is 4.20. The van der Waals surface area contributed by atoms with E-state index < -0.39 is 18.5 Å². The molecule has 1 heterocycles. The predicted molar refractivity (Wildman–Crippen MR) is 28.6 cm³/mol. The SMILES string of the molecule is OC1COC(C(O)O)C1. The maximum atomic E-state index is 8.80. The summed E-state index contributed by atoms with van der Waals surface area (Å²) in [6.07, 6.45) is -2.27. The van der Waals surface area contributed by atoms with Crippen LogP contribution in [-0.2, 0) is 4.74 Å². The van der Waals surface area contributed by atoms with Crippen molar-refractivity contribution < 1.29 is 20.1 Å². The molecule has 1 saturated heterocycles. The Kier molecular flexibility index (Phi) is 2.02. The lowest BCUT2D eigenvalue weighted by atomic mass is 10.2. The van der Waals surface area contributed by atoms with Gasteiger partial charge in [0.05, 0.1) is 12.7 Å². The zero-order valence-corrected chi connectivity index (χ0v) is 4.90. The average molecular weight is 134 g/mol. The van der Waals surface area contributed by atoms with E-state index in [0.717, 1.165) is 0 Å². The van der Waals surface area contributed by atoms with Gasteiger partial charge in [0, 0.05) is 6.42 Å². The molecule has 2 atom stereocenters. The van der Waals surface area contributed by atoms with E-state index in [4.69, 9.17) is 20.1 Å². The summed E-state index contributed by atoms with van der Waals surface area (Å²) in [6, 6.07) is 0. The third-order valence-corrected chi connectivity index (χ3v) is 1.34. The van der Waals surface area contributed by atoms with Crippen molar-refractivity contribution in [2.45, 2.75) is 24.9 Å². The Morgan fingerprint density at radius 1 is 1.44 bits per heavy atom. The van der Waals surface area contributed by atoms with Crippen LogP contribution in [-0.4, -0.2) is 40.4 Å². The number of hydrogen-bond acceptors (Lipinski definition) is 4. The number of aliphatic hydroxyl groups is 3. The van der Waals surface area contributed by atoms with E-state index in [1.54, 1.807) is 0 Å². The second-order valence-corrected chi connectivity index (χ2v) is 2.17. The lowest BCUT2D eigenvalue weighted by molar-refractivity contribution is -0.127. The average Bonchev–Trinajstić information content (AvgIpc) is 2.14. The van der Waals surface area contributed by atoms with E-state index >= 15 is 0 Å². The largest absolute Gasteiger partial charge is 0.391 e. The highest BCUT2D eigenvalue weighted by molar-refractivity contribution is 4.73. The van der Waals surface area contributed by atoms with E-state index in [0.29, 0.717) is 6.42 Å². The van der Waals surface area contributed by atoms with Gasteiger partial charge in [0.1, 0.15) is 6.10 Å². The second kappa shape index (κ2) is 2.62. The summed E-state index contributed by atoms with van der Waals surface area (Å²) < 4.78 is 4.78. The minimum absolute atomic E-state index is 0.211. The summed E-state index contributed by atoms with van der Waals surface area (Å²) >= 11 is 0. The van der Waals surface area contributed by atoms with Gasteiger partial charge in [-0.15, -0.1) is 0 Å². The highest BCUT2D eigenvalue weighted by Crippen LogP contribution is 2.14. The number of aliphatic hydroxyl groups excluding tert-OH is 2. The Balaban J connectivity index is 2.30. The molecule has 0 aromatic heterocycles. The van der Waals surface area contributed by atoms with Crippen molar-refractivity contribution in [1.29, 1.82) is 0 Å². The zero-order valence-electron chi connectivity index (χ0n) is 4.90. The molecule has 3 N–H and O–H groups in total. The number of rotatable bonds is 1. The van der Waals surface area contributed by atoms with Crippen molar-refractivity contribution in [2.24, 2.45) is 0 Å². The summed E-state index contributed by atoms with van der Waals surface area (Å²) in [5.74, 6) is 0. The summed E-state index contributed by atoms with van der Waals surface area (Å²) in [7, 11) is 0. The molecule has 0 aromatic carbocycles. The van der Waals surface area contributed by atoms with Crippen molar-refractivity contribution >= 4 is 0 Å². The van der Waals surface area contributed by atoms with E-state index in [2.05, 4.69) is 0 Å². The lowest BCUT2D eigenvalue weighted by Crippen LogP contribution is -2.24.